The average Bonchev–Trinajstić information content (AvgIpc) is 2.80. The minimum absolute atomic E-state index is 0.112. The summed E-state index contributed by atoms with van der Waals surface area (Å²) in [6.07, 6.45) is 0.232. The number of rotatable bonds is 3. The van der Waals surface area contributed by atoms with E-state index in [1.54, 1.807) is 6.07 Å². The fraction of sp³-hybridized carbons (Fsp3) is 0.294. The molecule has 2 aromatic carbocycles. The lowest BCUT2D eigenvalue weighted by atomic mass is 9.98. The Bertz CT molecular complexity index is 670. The van der Waals surface area contributed by atoms with Crippen LogP contribution in [0.5, 0.6) is 5.75 Å². The van der Waals surface area contributed by atoms with Crippen LogP contribution in [0.3, 0.4) is 0 Å². The van der Waals surface area contributed by atoms with Crippen molar-refractivity contribution < 1.29 is 18.6 Å². The summed E-state index contributed by atoms with van der Waals surface area (Å²) >= 11 is 0. The number of benzene rings is 2. The van der Waals surface area contributed by atoms with Crippen molar-refractivity contribution in [3.63, 3.8) is 0 Å². The van der Waals surface area contributed by atoms with Gasteiger partial charge in [0.05, 0.1) is 6.10 Å². The molecule has 3 rings (SSSR count). The summed E-state index contributed by atoms with van der Waals surface area (Å²) in [6, 6.07) is 8.91. The highest BCUT2D eigenvalue weighted by Gasteiger charge is 2.21. The van der Waals surface area contributed by atoms with Gasteiger partial charge >= 0.3 is 0 Å². The van der Waals surface area contributed by atoms with E-state index in [4.69, 9.17) is 4.74 Å². The molecule has 1 heterocycles. The topological polar surface area (TPSA) is 29.5 Å². The molecule has 0 fully saturated rings. The zero-order chi connectivity index (χ0) is 15.0. The molecule has 2 aromatic rings. The first-order valence-corrected chi connectivity index (χ1v) is 6.94. The number of hydrogen-bond donors (Lipinski definition) is 1. The van der Waals surface area contributed by atoms with Gasteiger partial charge in [0.15, 0.2) is 0 Å². The van der Waals surface area contributed by atoms with Crippen molar-refractivity contribution >= 4 is 0 Å². The molecule has 21 heavy (non-hydrogen) atoms. The first-order chi connectivity index (χ1) is 10.0. The average molecular weight is 290 g/mol. The summed E-state index contributed by atoms with van der Waals surface area (Å²) in [7, 11) is 0. The van der Waals surface area contributed by atoms with Crippen molar-refractivity contribution in [3.05, 3.63) is 64.7 Å². The minimum atomic E-state index is -0.828. The van der Waals surface area contributed by atoms with Gasteiger partial charge in [0, 0.05) is 18.9 Å². The molecular formula is C17H16F2O2. The van der Waals surface area contributed by atoms with Gasteiger partial charge < -0.3 is 9.84 Å². The summed E-state index contributed by atoms with van der Waals surface area (Å²) in [5, 5.41) is 10.3. The lowest BCUT2D eigenvalue weighted by Gasteiger charge is -2.13. The van der Waals surface area contributed by atoms with Crippen LogP contribution in [0.1, 0.15) is 29.7 Å². The lowest BCUT2D eigenvalue weighted by molar-refractivity contribution is 0.177. The third-order valence-corrected chi connectivity index (χ3v) is 3.73. The smallest absolute Gasteiger partial charge is 0.129 e. The molecule has 0 aliphatic carbocycles. The molecule has 0 saturated heterocycles. The van der Waals surface area contributed by atoms with Crippen molar-refractivity contribution in [2.24, 2.45) is 0 Å². The minimum Gasteiger partial charge on any atom is -0.490 e. The monoisotopic (exact) mass is 290 g/mol. The van der Waals surface area contributed by atoms with E-state index in [-0.39, 0.29) is 12.5 Å². The quantitative estimate of drug-likeness (QED) is 0.936. The van der Waals surface area contributed by atoms with Crippen LogP contribution >= 0.6 is 0 Å². The largest absolute Gasteiger partial charge is 0.490 e. The molecule has 1 aliphatic rings. The zero-order valence-corrected chi connectivity index (χ0v) is 11.6. The van der Waals surface area contributed by atoms with Crippen LogP contribution in [0.4, 0.5) is 8.78 Å². The fourth-order valence-corrected chi connectivity index (χ4v) is 2.66. The predicted molar refractivity (Wildman–Crippen MR) is 75.3 cm³/mol. The number of aliphatic hydroxyl groups excluding tert-OH is 1. The third-order valence-electron chi connectivity index (χ3n) is 3.73. The maximum Gasteiger partial charge on any atom is 0.129 e. The molecule has 1 N–H and O–H groups in total. The molecule has 0 spiro atoms. The summed E-state index contributed by atoms with van der Waals surface area (Å²) in [6.45, 7) is 1.99. The van der Waals surface area contributed by atoms with Crippen LogP contribution in [0.2, 0.25) is 0 Å². The molecule has 2 atom stereocenters. The van der Waals surface area contributed by atoms with Gasteiger partial charge in [0.1, 0.15) is 23.5 Å². The second kappa shape index (κ2) is 5.45. The Balaban J connectivity index is 1.79. The van der Waals surface area contributed by atoms with Gasteiger partial charge in [-0.05, 0) is 41.8 Å². The predicted octanol–water partition coefficient (Wildman–Crippen LogP) is 3.56. The third kappa shape index (κ3) is 2.90. The van der Waals surface area contributed by atoms with E-state index < -0.39 is 17.7 Å². The van der Waals surface area contributed by atoms with Crippen molar-refractivity contribution in [1.82, 2.24) is 0 Å². The Kier molecular flexibility index (Phi) is 3.64. The lowest BCUT2D eigenvalue weighted by Crippen LogP contribution is -2.05. The van der Waals surface area contributed by atoms with Crippen LogP contribution in [0.25, 0.3) is 0 Å². The summed E-state index contributed by atoms with van der Waals surface area (Å²) in [4.78, 5) is 0. The van der Waals surface area contributed by atoms with Gasteiger partial charge in [-0.15, -0.1) is 0 Å². The van der Waals surface area contributed by atoms with Crippen LogP contribution < -0.4 is 4.74 Å². The normalized spacial score (nSPS) is 18.2. The Labute approximate surface area is 122 Å². The molecule has 0 radical (unpaired) electrons. The summed E-state index contributed by atoms with van der Waals surface area (Å²) in [5.41, 5.74) is 2.07. The van der Waals surface area contributed by atoms with E-state index in [1.165, 1.54) is 12.1 Å². The molecule has 110 valence electrons. The van der Waals surface area contributed by atoms with Crippen LogP contribution in [0, 0.1) is 11.6 Å². The number of aliphatic hydroxyl groups is 1. The van der Waals surface area contributed by atoms with E-state index in [0.717, 1.165) is 29.4 Å². The molecule has 1 aliphatic heterocycles. The van der Waals surface area contributed by atoms with Crippen LogP contribution in [0.15, 0.2) is 36.4 Å². The second-order valence-corrected chi connectivity index (χ2v) is 5.46. The molecular weight excluding hydrogens is 274 g/mol. The zero-order valence-electron chi connectivity index (χ0n) is 11.6. The van der Waals surface area contributed by atoms with E-state index in [9.17, 15) is 13.9 Å². The van der Waals surface area contributed by atoms with E-state index in [2.05, 4.69) is 0 Å². The second-order valence-electron chi connectivity index (χ2n) is 5.46. The highest BCUT2D eigenvalue weighted by Crippen LogP contribution is 2.32. The molecule has 2 nitrogen and oxygen atoms in total. The van der Waals surface area contributed by atoms with Gasteiger partial charge in [-0.3, -0.25) is 0 Å². The first-order valence-electron chi connectivity index (χ1n) is 6.94. The Hall–Kier alpha value is -1.94. The van der Waals surface area contributed by atoms with E-state index in [0.29, 0.717) is 5.56 Å². The van der Waals surface area contributed by atoms with Crippen molar-refractivity contribution in [2.45, 2.75) is 32.0 Å². The molecule has 0 bridgehead atoms. The van der Waals surface area contributed by atoms with E-state index in [1.807, 2.05) is 19.1 Å². The maximum absolute atomic E-state index is 13.6. The number of ether oxygens (including phenoxy) is 1. The highest BCUT2D eigenvalue weighted by molar-refractivity contribution is 5.41. The standard InChI is InChI=1S/C17H16F2O2/c1-10-6-13-7-12(3-5-17(13)21-10)16(20)8-11-2-4-14(18)9-15(11)19/h2-5,7,9-10,16,20H,6,8H2,1H3. The molecule has 0 aromatic heterocycles. The summed E-state index contributed by atoms with van der Waals surface area (Å²) < 4.78 is 32.1. The Morgan fingerprint density at radius 3 is 2.81 bits per heavy atom. The van der Waals surface area contributed by atoms with Gasteiger partial charge in [-0.2, -0.15) is 0 Å². The SMILES string of the molecule is CC1Cc2cc(C(O)Cc3ccc(F)cc3F)ccc2O1. The molecule has 0 saturated carbocycles. The van der Waals surface area contributed by atoms with Crippen molar-refractivity contribution in [1.29, 1.82) is 0 Å². The molecule has 0 amide bonds. The Morgan fingerprint density at radius 1 is 1.24 bits per heavy atom. The van der Waals surface area contributed by atoms with Crippen molar-refractivity contribution in [2.75, 3.05) is 0 Å². The van der Waals surface area contributed by atoms with E-state index >= 15 is 0 Å². The highest BCUT2D eigenvalue weighted by atomic mass is 19.1. The van der Waals surface area contributed by atoms with Gasteiger partial charge in [0.2, 0.25) is 0 Å². The van der Waals surface area contributed by atoms with Gasteiger partial charge in [-0.25, -0.2) is 8.78 Å². The number of hydrogen-bond acceptors (Lipinski definition) is 2. The molecule has 2 unspecified atom stereocenters. The first kappa shape index (κ1) is 14.0. The maximum atomic E-state index is 13.6. The van der Waals surface area contributed by atoms with Crippen LogP contribution in [-0.4, -0.2) is 11.2 Å². The van der Waals surface area contributed by atoms with Gasteiger partial charge in [-0.1, -0.05) is 12.1 Å². The number of fused-ring (bicyclic) bond motifs is 1. The van der Waals surface area contributed by atoms with Gasteiger partial charge in [0.25, 0.3) is 0 Å². The van der Waals surface area contributed by atoms with Crippen LogP contribution in [-0.2, 0) is 12.8 Å². The van der Waals surface area contributed by atoms with Crippen molar-refractivity contribution in [3.8, 4) is 5.75 Å². The molecule has 4 heteroatoms. The Morgan fingerprint density at radius 2 is 2.05 bits per heavy atom. The summed E-state index contributed by atoms with van der Waals surface area (Å²) in [5.74, 6) is -0.409. The fourth-order valence-electron chi connectivity index (χ4n) is 2.66. The number of halogens is 2.